The minimum atomic E-state index is -1.35. The quantitative estimate of drug-likeness (QED) is 0.141. The molecule has 16 nitrogen and oxygen atoms in total. The van der Waals surface area contributed by atoms with Crippen LogP contribution in [0.3, 0.4) is 0 Å². The highest BCUT2D eigenvalue weighted by Crippen LogP contribution is 2.63. The van der Waals surface area contributed by atoms with E-state index >= 15 is 4.79 Å². The third kappa shape index (κ3) is 7.18. The van der Waals surface area contributed by atoms with Crippen molar-refractivity contribution in [2.75, 3.05) is 53.0 Å². The molecule has 17 heteroatoms. The number of aromatic hydroxyl groups is 1. The summed E-state index contributed by atoms with van der Waals surface area (Å²) in [5.74, 6) is 1.03. The lowest BCUT2D eigenvalue weighted by Gasteiger charge is -2.59. The van der Waals surface area contributed by atoms with Crippen LogP contribution < -0.4 is 39.6 Å². The molecule has 2 fully saturated rings. The molecule has 0 unspecified atom stereocenters. The molecule has 0 aliphatic carbocycles. The van der Waals surface area contributed by atoms with Gasteiger partial charge in [-0.3, -0.25) is 19.8 Å². The molecule has 2 saturated heterocycles. The summed E-state index contributed by atoms with van der Waals surface area (Å²) in [6, 6.07) is 5.72. The normalized spacial score (nSPS) is 26.4. The van der Waals surface area contributed by atoms with E-state index in [2.05, 4.69) is 33.0 Å². The van der Waals surface area contributed by atoms with E-state index in [1.54, 1.807) is 7.11 Å². The molecule has 10 rings (SSSR count). The first-order chi connectivity index (χ1) is 30.6. The fraction of sp³-hybridized carbons (Fsp3) is 0.532. The minimum absolute atomic E-state index is 0.0257. The van der Waals surface area contributed by atoms with Gasteiger partial charge in [-0.15, -0.1) is 11.8 Å². The van der Waals surface area contributed by atoms with Crippen molar-refractivity contribution in [3.63, 3.8) is 0 Å². The smallest absolute Gasteiger partial charge is 0.331 e. The van der Waals surface area contributed by atoms with Gasteiger partial charge in [0.1, 0.15) is 29.7 Å². The number of hydrogen-bond acceptors (Lipinski definition) is 17. The number of fused-ring (bicyclic) bond motifs is 9. The van der Waals surface area contributed by atoms with Crippen LogP contribution in [0.5, 0.6) is 34.5 Å². The first-order valence-corrected chi connectivity index (χ1v) is 22.8. The number of rotatable bonds is 8. The molecule has 64 heavy (non-hydrogen) atoms. The van der Waals surface area contributed by atoms with Crippen LogP contribution in [0.25, 0.3) is 0 Å². The Balaban J connectivity index is 1.18. The summed E-state index contributed by atoms with van der Waals surface area (Å²) in [5.41, 5.74) is 4.97. The highest BCUT2D eigenvalue weighted by molar-refractivity contribution is 7.99. The first kappa shape index (κ1) is 44.0. The summed E-state index contributed by atoms with van der Waals surface area (Å²) < 4.78 is 42.2. The molecule has 7 heterocycles. The Bertz CT molecular complexity index is 2480. The summed E-state index contributed by atoms with van der Waals surface area (Å²) in [5, 5.41) is 33.1. The molecule has 1 spiro atoms. The number of nitriles is 1. The minimum Gasteiger partial charge on any atom is -0.504 e. The van der Waals surface area contributed by atoms with Gasteiger partial charge in [-0.2, -0.15) is 5.26 Å². The predicted octanol–water partition coefficient (Wildman–Crippen LogP) is 4.41. The van der Waals surface area contributed by atoms with Gasteiger partial charge in [0.05, 0.1) is 44.2 Å². The lowest BCUT2D eigenvalue weighted by atomic mass is 9.72. The number of nitrogens with one attached hydrogen (secondary N) is 3. The van der Waals surface area contributed by atoms with Crippen molar-refractivity contribution in [1.29, 1.82) is 5.26 Å². The number of ether oxygens (including phenoxy) is 7. The van der Waals surface area contributed by atoms with Gasteiger partial charge in [0, 0.05) is 53.6 Å². The second kappa shape index (κ2) is 16.6. The van der Waals surface area contributed by atoms with Crippen molar-refractivity contribution < 1.29 is 52.6 Å². The van der Waals surface area contributed by atoms with Gasteiger partial charge in [-0.1, -0.05) is 12.1 Å². The zero-order valence-corrected chi connectivity index (χ0v) is 38.2. The molecule has 7 aliphatic rings. The molecule has 3 aromatic rings. The van der Waals surface area contributed by atoms with Gasteiger partial charge in [0.25, 0.3) is 0 Å². The van der Waals surface area contributed by atoms with Gasteiger partial charge >= 0.3 is 17.9 Å². The molecule has 0 aromatic heterocycles. The predicted molar refractivity (Wildman–Crippen MR) is 234 cm³/mol. The number of benzene rings is 3. The lowest BCUT2D eigenvalue weighted by Crippen LogP contribution is -2.69. The molecule has 0 amide bonds. The maximum Gasteiger partial charge on any atom is 0.331 e. The second-order valence-electron chi connectivity index (χ2n) is 18.3. The number of hydrogen-bond donors (Lipinski definition) is 4. The summed E-state index contributed by atoms with van der Waals surface area (Å²) in [7, 11) is 3.13. The number of carbonyl (C=O) groups excluding carboxylic acids is 3. The van der Waals surface area contributed by atoms with Crippen molar-refractivity contribution in [3.8, 4) is 40.6 Å². The van der Waals surface area contributed by atoms with Gasteiger partial charge in [0.2, 0.25) is 6.79 Å². The number of esters is 3. The average molecular weight is 898 g/mol. The number of thioether (sulfide) groups is 1. The third-order valence-corrected chi connectivity index (χ3v) is 14.8. The molecule has 7 atom stereocenters. The molecule has 4 bridgehead atoms. The topological polar surface area (TPSA) is 199 Å². The van der Waals surface area contributed by atoms with Crippen LogP contribution in [-0.2, 0) is 48.7 Å². The molecule has 340 valence electrons. The summed E-state index contributed by atoms with van der Waals surface area (Å²) in [6.07, 6.45) is 1.65. The van der Waals surface area contributed by atoms with Crippen LogP contribution in [0.2, 0.25) is 0 Å². The van der Waals surface area contributed by atoms with Crippen molar-refractivity contribution in [2.45, 2.75) is 107 Å². The van der Waals surface area contributed by atoms with Gasteiger partial charge in [-0.05, 0) is 94.3 Å². The zero-order chi connectivity index (χ0) is 45.4. The Morgan fingerprint density at radius 1 is 1.06 bits per heavy atom. The van der Waals surface area contributed by atoms with Crippen LogP contribution in [0.1, 0.15) is 95.1 Å². The van der Waals surface area contributed by atoms with E-state index in [0.29, 0.717) is 83.4 Å². The van der Waals surface area contributed by atoms with E-state index < -0.39 is 52.5 Å². The Kier molecular flexibility index (Phi) is 11.4. The standard InChI is InChI=1S/C47H55N5O11S/c1-22-13-27-15-29-30(17-48)52-31-19-59-45(56)47(28-16-32(57-7)26(14-25(28)10-12-50-47)9-11-49-18-33(54)63-46(4,5)6)20-64-44(38(52)37(51-29)34(27)39(55)40(22)58-8)36-35(31)43-42(60-21-61-43)23(2)41(36)62-24(3)53/h13-14,16,29-31,37-38,44,49-51,55H,9-12,15,18-21H2,1-8H3/t29-,30-,31-,37+,38+,44+,47+/m0/s1. The van der Waals surface area contributed by atoms with Gasteiger partial charge < -0.3 is 48.9 Å². The van der Waals surface area contributed by atoms with Crippen LogP contribution >= 0.6 is 11.8 Å². The fourth-order valence-electron chi connectivity index (χ4n) is 10.9. The van der Waals surface area contributed by atoms with Crippen molar-refractivity contribution >= 4 is 29.7 Å². The van der Waals surface area contributed by atoms with Crippen LogP contribution in [0.4, 0.5) is 0 Å². The van der Waals surface area contributed by atoms with E-state index in [9.17, 15) is 20.0 Å². The van der Waals surface area contributed by atoms with Crippen molar-refractivity contribution in [2.24, 2.45) is 0 Å². The van der Waals surface area contributed by atoms with E-state index in [1.165, 1.54) is 25.8 Å². The number of phenols is 1. The summed E-state index contributed by atoms with van der Waals surface area (Å²) >= 11 is 1.50. The van der Waals surface area contributed by atoms with Gasteiger partial charge in [0.15, 0.2) is 28.5 Å². The highest BCUT2D eigenvalue weighted by atomic mass is 32.2. The van der Waals surface area contributed by atoms with Crippen LogP contribution in [0, 0.1) is 25.2 Å². The number of piperazine rings is 1. The lowest BCUT2D eigenvalue weighted by molar-refractivity contribution is -0.156. The molecule has 4 N–H and O–H groups in total. The monoisotopic (exact) mass is 897 g/mol. The molecular weight excluding hydrogens is 843 g/mol. The zero-order valence-electron chi connectivity index (χ0n) is 37.4. The van der Waals surface area contributed by atoms with E-state index in [4.69, 9.17) is 33.2 Å². The van der Waals surface area contributed by atoms with Crippen molar-refractivity contribution in [1.82, 2.24) is 20.9 Å². The summed E-state index contributed by atoms with van der Waals surface area (Å²) in [4.78, 5) is 42.6. The van der Waals surface area contributed by atoms with Crippen molar-refractivity contribution in [3.05, 3.63) is 68.3 Å². The largest absolute Gasteiger partial charge is 0.504 e. The van der Waals surface area contributed by atoms with E-state index in [1.807, 2.05) is 46.8 Å². The molecule has 7 aliphatic heterocycles. The number of aryl methyl sites for hydroxylation is 1. The van der Waals surface area contributed by atoms with Crippen LogP contribution in [-0.4, -0.2) is 105 Å². The number of carbonyl (C=O) groups is 3. The SMILES string of the molecule is COc1cc2c(cc1CCNCC(=O)OC(C)(C)C)CCN[C@]21CS[C@@H]2c3c(OC(C)=O)c(C)c4c(c3[C@H](COC1=O)N1[C@@H]2[C@@H]2N[C@@H](Cc3cc(C)c(OC)c(O)c32)[C@@H]1C#N)OCO4. The van der Waals surface area contributed by atoms with E-state index in [0.717, 1.165) is 27.8 Å². The highest BCUT2D eigenvalue weighted by Gasteiger charge is 2.60. The fourth-order valence-corrected chi connectivity index (χ4v) is 12.6. The third-order valence-electron chi connectivity index (χ3n) is 13.3. The number of phenolic OH excluding ortho intramolecular Hbond substituents is 1. The van der Waals surface area contributed by atoms with E-state index in [-0.39, 0.29) is 43.5 Å². The number of nitrogens with zero attached hydrogens (tertiary/aromatic N) is 2. The Morgan fingerprint density at radius 3 is 2.56 bits per heavy atom. The van der Waals surface area contributed by atoms with Crippen LogP contribution in [0.15, 0.2) is 18.2 Å². The maximum atomic E-state index is 15.1. The average Bonchev–Trinajstić information content (AvgIpc) is 3.74. The molecule has 0 saturated carbocycles. The second-order valence-corrected chi connectivity index (χ2v) is 19.4. The summed E-state index contributed by atoms with van der Waals surface area (Å²) in [6.45, 7) is 11.4. The van der Waals surface area contributed by atoms with Gasteiger partial charge in [-0.25, -0.2) is 4.79 Å². The Hall–Kier alpha value is -5.25. The molecule has 3 aromatic carbocycles. The Labute approximate surface area is 376 Å². The number of methoxy groups -OCH3 is 2. The molecular formula is C47H55N5O11S. The maximum absolute atomic E-state index is 15.1. The first-order valence-electron chi connectivity index (χ1n) is 21.7. The Morgan fingerprint density at radius 2 is 1.84 bits per heavy atom. The molecule has 0 radical (unpaired) electrons.